The highest BCUT2D eigenvalue weighted by atomic mass is 16.1. The Labute approximate surface area is 183 Å². The summed E-state index contributed by atoms with van der Waals surface area (Å²) in [5, 5.41) is 3.18. The van der Waals surface area contributed by atoms with Crippen molar-refractivity contribution in [1.29, 1.82) is 0 Å². The fraction of sp³-hybridized carbons (Fsp3) is 0.731. The van der Waals surface area contributed by atoms with Crippen LogP contribution in [0.1, 0.15) is 63.4 Å². The summed E-state index contributed by atoms with van der Waals surface area (Å²) in [7, 11) is 0. The summed E-state index contributed by atoms with van der Waals surface area (Å²) >= 11 is 0. The number of carbonyl (C=O) groups is 1. The Morgan fingerprint density at radius 3 is 2.27 bits per heavy atom. The number of likely N-dealkylation sites (tertiary alicyclic amines) is 2. The Morgan fingerprint density at radius 2 is 1.57 bits per heavy atom. The molecule has 0 bridgehead atoms. The van der Waals surface area contributed by atoms with E-state index in [1.165, 1.54) is 70.1 Å². The van der Waals surface area contributed by atoms with Crippen molar-refractivity contribution >= 4 is 5.91 Å². The second kappa shape index (κ2) is 11.3. The minimum atomic E-state index is 0.211. The molecule has 3 fully saturated rings. The van der Waals surface area contributed by atoms with Crippen molar-refractivity contribution < 1.29 is 4.79 Å². The largest absolute Gasteiger partial charge is 0.356 e. The Balaban J connectivity index is 1.11. The van der Waals surface area contributed by atoms with Gasteiger partial charge in [-0.2, -0.15) is 0 Å². The topological polar surface area (TPSA) is 35.6 Å². The lowest BCUT2D eigenvalue weighted by Gasteiger charge is -2.42. The van der Waals surface area contributed by atoms with Crippen molar-refractivity contribution in [3.05, 3.63) is 35.9 Å². The molecule has 3 aliphatic rings. The van der Waals surface area contributed by atoms with Crippen LogP contribution in [-0.2, 0) is 11.2 Å². The molecule has 0 unspecified atom stereocenters. The van der Waals surface area contributed by atoms with Crippen LogP contribution >= 0.6 is 0 Å². The van der Waals surface area contributed by atoms with Gasteiger partial charge in [0, 0.05) is 25.0 Å². The smallest absolute Gasteiger partial charge is 0.223 e. The standard InChI is InChI=1S/C26H41N3O/c30-26(27-16-11-22-7-3-1-4-8-22)24-12-19-29(20-13-24)25-14-17-28(18-15-25)21-23-9-5-2-6-10-23/h1,3-4,7-8,23-25H,2,5-6,9-21H2,(H,27,30). The van der Waals surface area contributed by atoms with Crippen LogP contribution in [0.2, 0.25) is 0 Å². The highest BCUT2D eigenvalue weighted by Gasteiger charge is 2.31. The van der Waals surface area contributed by atoms with Gasteiger partial charge >= 0.3 is 0 Å². The van der Waals surface area contributed by atoms with Crippen LogP contribution in [0.5, 0.6) is 0 Å². The van der Waals surface area contributed by atoms with Gasteiger partial charge < -0.3 is 15.1 Å². The molecule has 2 aliphatic heterocycles. The first-order valence-corrected chi connectivity index (χ1v) is 12.6. The van der Waals surface area contributed by atoms with Crippen LogP contribution in [0, 0.1) is 11.8 Å². The summed E-state index contributed by atoms with van der Waals surface area (Å²) in [6.07, 6.45) is 12.9. The Kier molecular flexibility index (Phi) is 8.22. The maximum atomic E-state index is 12.6. The van der Waals surface area contributed by atoms with Crippen molar-refractivity contribution in [2.45, 2.75) is 70.3 Å². The molecule has 4 heteroatoms. The molecule has 1 saturated carbocycles. The Morgan fingerprint density at radius 1 is 0.867 bits per heavy atom. The van der Waals surface area contributed by atoms with E-state index in [4.69, 9.17) is 0 Å². The summed E-state index contributed by atoms with van der Waals surface area (Å²) in [6, 6.07) is 11.2. The third-order valence-electron chi connectivity index (χ3n) is 7.77. The number of rotatable bonds is 7. The Hall–Kier alpha value is -1.39. The molecule has 0 aromatic heterocycles. The van der Waals surface area contributed by atoms with Gasteiger partial charge in [0.25, 0.3) is 0 Å². The summed E-state index contributed by atoms with van der Waals surface area (Å²) in [5.74, 6) is 1.45. The van der Waals surface area contributed by atoms with Crippen LogP contribution in [0.15, 0.2) is 30.3 Å². The lowest BCUT2D eigenvalue weighted by Crippen LogP contribution is -2.49. The Bertz CT molecular complexity index is 627. The molecule has 0 radical (unpaired) electrons. The van der Waals surface area contributed by atoms with Gasteiger partial charge in [0.2, 0.25) is 5.91 Å². The van der Waals surface area contributed by atoms with E-state index in [2.05, 4.69) is 39.4 Å². The number of nitrogens with one attached hydrogen (secondary N) is 1. The van der Waals surface area contributed by atoms with Gasteiger partial charge in [0.1, 0.15) is 0 Å². The second-order valence-corrected chi connectivity index (χ2v) is 9.87. The first kappa shape index (κ1) is 21.8. The lowest BCUT2D eigenvalue weighted by atomic mass is 9.88. The number of nitrogens with zero attached hydrogens (tertiary/aromatic N) is 2. The third-order valence-corrected chi connectivity index (χ3v) is 7.77. The molecule has 30 heavy (non-hydrogen) atoms. The van der Waals surface area contributed by atoms with E-state index in [0.717, 1.165) is 50.9 Å². The van der Waals surface area contributed by atoms with Crippen LogP contribution in [0.4, 0.5) is 0 Å². The number of piperidine rings is 2. The average Bonchev–Trinajstić information content (AvgIpc) is 2.81. The second-order valence-electron chi connectivity index (χ2n) is 9.87. The van der Waals surface area contributed by atoms with E-state index < -0.39 is 0 Å². The van der Waals surface area contributed by atoms with Crippen molar-refractivity contribution in [3.63, 3.8) is 0 Å². The highest BCUT2D eigenvalue weighted by Crippen LogP contribution is 2.27. The zero-order valence-corrected chi connectivity index (χ0v) is 18.7. The summed E-state index contributed by atoms with van der Waals surface area (Å²) in [6.45, 7) is 6.86. The summed E-state index contributed by atoms with van der Waals surface area (Å²) in [5.41, 5.74) is 1.29. The molecule has 166 valence electrons. The van der Waals surface area contributed by atoms with E-state index in [-0.39, 0.29) is 11.8 Å². The van der Waals surface area contributed by atoms with Gasteiger partial charge in [-0.05, 0) is 82.6 Å². The molecule has 4 nitrogen and oxygen atoms in total. The van der Waals surface area contributed by atoms with Crippen LogP contribution < -0.4 is 5.32 Å². The molecule has 4 rings (SSSR count). The molecule has 1 amide bonds. The SMILES string of the molecule is O=C(NCCc1ccccc1)C1CCN(C2CCN(CC3CCCCC3)CC2)CC1. The van der Waals surface area contributed by atoms with Crippen LogP contribution in [0.25, 0.3) is 0 Å². The van der Waals surface area contributed by atoms with Gasteiger partial charge in [-0.25, -0.2) is 0 Å². The predicted molar refractivity (Wildman–Crippen MR) is 123 cm³/mol. The van der Waals surface area contributed by atoms with E-state index >= 15 is 0 Å². The predicted octanol–water partition coefficient (Wildman–Crippen LogP) is 4.10. The molecule has 0 spiro atoms. The number of benzene rings is 1. The summed E-state index contributed by atoms with van der Waals surface area (Å²) in [4.78, 5) is 18.0. The zero-order chi connectivity index (χ0) is 20.6. The van der Waals surface area contributed by atoms with E-state index in [1.807, 2.05) is 6.07 Å². The first-order chi connectivity index (χ1) is 14.8. The van der Waals surface area contributed by atoms with Gasteiger partial charge in [-0.3, -0.25) is 4.79 Å². The molecule has 0 atom stereocenters. The number of carbonyl (C=O) groups excluding carboxylic acids is 1. The van der Waals surface area contributed by atoms with Gasteiger partial charge in [-0.1, -0.05) is 49.6 Å². The van der Waals surface area contributed by atoms with Gasteiger partial charge in [-0.15, -0.1) is 0 Å². The number of hydrogen-bond donors (Lipinski definition) is 1. The number of hydrogen-bond acceptors (Lipinski definition) is 3. The van der Waals surface area contributed by atoms with Gasteiger partial charge in [0.05, 0.1) is 0 Å². The van der Waals surface area contributed by atoms with Crippen molar-refractivity contribution in [2.24, 2.45) is 11.8 Å². The molecule has 1 aromatic rings. The molecule has 1 N–H and O–H groups in total. The lowest BCUT2D eigenvalue weighted by molar-refractivity contribution is -0.126. The molecular weight excluding hydrogens is 370 g/mol. The number of amides is 1. The minimum absolute atomic E-state index is 0.211. The minimum Gasteiger partial charge on any atom is -0.356 e. The van der Waals surface area contributed by atoms with E-state index in [1.54, 1.807) is 0 Å². The van der Waals surface area contributed by atoms with Crippen LogP contribution in [-0.4, -0.2) is 61.0 Å². The molecule has 1 aromatic carbocycles. The fourth-order valence-electron chi connectivity index (χ4n) is 5.85. The highest BCUT2D eigenvalue weighted by molar-refractivity contribution is 5.78. The van der Waals surface area contributed by atoms with Gasteiger partial charge in [0.15, 0.2) is 0 Å². The first-order valence-electron chi connectivity index (χ1n) is 12.6. The maximum absolute atomic E-state index is 12.6. The van der Waals surface area contributed by atoms with Crippen molar-refractivity contribution in [3.8, 4) is 0 Å². The van der Waals surface area contributed by atoms with E-state index in [0.29, 0.717) is 0 Å². The summed E-state index contributed by atoms with van der Waals surface area (Å²) < 4.78 is 0. The average molecular weight is 412 g/mol. The molecule has 1 aliphatic carbocycles. The fourth-order valence-corrected chi connectivity index (χ4v) is 5.85. The van der Waals surface area contributed by atoms with Crippen molar-refractivity contribution in [2.75, 3.05) is 39.3 Å². The van der Waals surface area contributed by atoms with E-state index in [9.17, 15) is 4.79 Å². The quantitative estimate of drug-likeness (QED) is 0.734. The molecular formula is C26H41N3O. The monoisotopic (exact) mass is 411 g/mol. The van der Waals surface area contributed by atoms with Crippen molar-refractivity contribution in [1.82, 2.24) is 15.1 Å². The molecule has 2 heterocycles. The maximum Gasteiger partial charge on any atom is 0.223 e. The third kappa shape index (κ3) is 6.31. The van der Waals surface area contributed by atoms with Crippen LogP contribution in [0.3, 0.4) is 0 Å². The normalized spacial score (nSPS) is 23.5. The molecule has 2 saturated heterocycles. The zero-order valence-electron chi connectivity index (χ0n) is 18.7.